The molecule has 46 heavy (non-hydrogen) atoms. The van der Waals surface area contributed by atoms with Crippen LogP contribution in [0.3, 0.4) is 0 Å². The Morgan fingerprint density at radius 1 is 0.674 bits per heavy atom. The van der Waals surface area contributed by atoms with Gasteiger partial charge in [-0.1, -0.05) is 91.0 Å². The van der Waals surface area contributed by atoms with Crippen molar-refractivity contribution in [3.63, 3.8) is 0 Å². The first-order chi connectivity index (χ1) is 22.5. The number of carbonyl (C=O) groups is 2. The molecule has 0 N–H and O–H groups in total. The number of esters is 2. The van der Waals surface area contributed by atoms with Crippen molar-refractivity contribution in [2.24, 2.45) is 0 Å². The average Bonchev–Trinajstić information content (AvgIpc) is 3.09. The molecule has 240 valence electrons. The van der Waals surface area contributed by atoms with Crippen molar-refractivity contribution in [1.29, 1.82) is 0 Å². The van der Waals surface area contributed by atoms with Gasteiger partial charge in [-0.25, -0.2) is 4.79 Å². The number of ether oxygens (including phenoxy) is 7. The van der Waals surface area contributed by atoms with Crippen LogP contribution in [0, 0.1) is 0 Å². The lowest BCUT2D eigenvalue weighted by atomic mass is 9.98. The summed E-state index contributed by atoms with van der Waals surface area (Å²) in [4.78, 5) is 25.9. The van der Waals surface area contributed by atoms with Gasteiger partial charge in [0.15, 0.2) is 12.2 Å². The fraction of sp³-hybridized carbons (Fsp3) is 0.297. The molecule has 1 saturated heterocycles. The minimum Gasteiger partial charge on any atom is -0.497 e. The second-order valence-electron chi connectivity index (χ2n) is 10.8. The Kier molecular flexibility index (Phi) is 11.9. The molecule has 0 aliphatic carbocycles. The van der Waals surface area contributed by atoms with Gasteiger partial charge >= 0.3 is 11.9 Å². The molecule has 1 heterocycles. The lowest BCUT2D eigenvalue weighted by Gasteiger charge is -2.45. The monoisotopic (exact) mass is 628 g/mol. The van der Waals surface area contributed by atoms with Crippen LogP contribution in [0.5, 0.6) is 5.75 Å². The SMILES string of the molecule is COc1ccc(C(=O)O[C@@H]2[C@H](OCc3ccccc3)[C@@H](OCc3ccccc3)[C@@H]([18O]C(C)=O)O[C@@H]2COCc2ccccc2)cc1. The predicted molar refractivity (Wildman–Crippen MR) is 169 cm³/mol. The zero-order valence-corrected chi connectivity index (χ0v) is 25.9. The van der Waals surface area contributed by atoms with Gasteiger partial charge < -0.3 is 33.2 Å². The van der Waals surface area contributed by atoms with E-state index in [1.165, 1.54) is 6.92 Å². The highest BCUT2D eigenvalue weighted by molar-refractivity contribution is 5.89. The van der Waals surface area contributed by atoms with Crippen molar-refractivity contribution in [3.8, 4) is 5.75 Å². The van der Waals surface area contributed by atoms with Gasteiger partial charge in [-0.2, -0.15) is 0 Å². The highest BCUT2D eigenvalue weighted by atomic mass is 18.3. The number of hydrogen-bond donors (Lipinski definition) is 0. The van der Waals surface area contributed by atoms with E-state index in [0.29, 0.717) is 17.9 Å². The standard InChI is InChI=1S/C37H38O9/c1-26(38)44-37-35(43-24-29-16-10-5-11-17-29)34(42-23-28-14-8-4-9-15-28)33(46-36(39)30-18-20-31(40-2)21-19-30)32(45-37)25-41-22-27-12-6-3-7-13-27/h3-21,32-35,37H,22-25H2,1-2H3/t32-,33+,34+,35-,37+/m1/s1/i44+2. The Labute approximate surface area is 268 Å². The quantitative estimate of drug-likeness (QED) is 0.125. The summed E-state index contributed by atoms with van der Waals surface area (Å²) in [6, 6.07) is 35.4. The van der Waals surface area contributed by atoms with Crippen LogP contribution in [0.4, 0.5) is 0 Å². The van der Waals surface area contributed by atoms with Crippen LogP contribution in [0.25, 0.3) is 0 Å². The third kappa shape index (κ3) is 9.24. The van der Waals surface area contributed by atoms with Gasteiger partial charge in [-0.3, -0.25) is 4.79 Å². The van der Waals surface area contributed by atoms with Gasteiger partial charge in [0.2, 0.25) is 6.29 Å². The molecule has 0 aromatic heterocycles. The van der Waals surface area contributed by atoms with Crippen LogP contribution in [0.15, 0.2) is 115 Å². The first-order valence-electron chi connectivity index (χ1n) is 15.1. The topological polar surface area (TPSA) is 98.8 Å². The largest absolute Gasteiger partial charge is 0.497 e. The second kappa shape index (κ2) is 16.7. The second-order valence-corrected chi connectivity index (χ2v) is 10.8. The first-order valence-corrected chi connectivity index (χ1v) is 15.1. The summed E-state index contributed by atoms with van der Waals surface area (Å²) in [6.45, 7) is 1.96. The summed E-state index contributed by atoms with van der Waals surface area (Å²) in [5.41, 5.74) is 3.07. The Hall–Kier alpha value is -4.54. The molecule has 1 aliphatic rings. The van der Waals surface area contributed by atoms with E-state index in [4.69, 9.17) is 33.2 Å². The number of benzene rings is 4. The molecule has 5 atom stereocenters. The highest BCUT2D eigenvalue weighted by Crippen LogP contribution is 2.32. The van der Waals surface area contributed by atoms with Crippen LogP contribution in [-0.2, 0) is 53.0 Å². The molecule has 0 radical (unpaired) electrons. The fourth-order valence-electron chi connectivity index (χ4n) is 5.10. The first kappa shape index (κ1) is 32.8. The third-order valence-corrected chi connectivity index (χ3v) is 7.41. The Bertz CT molecular complexity index is 1500. The number of rotatable bonds is 14. The smallest absolute Gasteiger partial charge is 0.338 e. The van der Waals surface area contributed by atoms with E-state index in [2.05, 4.69) is 0 Å². The molecule has 5 rings (SSSR count). The van der Waals surface area contributed by atoms with Crippen LogP contribution in [0.1, 0.15) is 34.0 Å². The Balaban J connectivity index is 1.46. The molecular formula is C37H38O9. The van der Waals surface area contributed by atoms with Crippen LogP contribution in [-0.4, -0.2) is 56.4 Å². The lowest BCUT2D eigenvalue weighted by Crippen LogP contribution is -2.62. The Morgan fingerprint density at radius 3 is 1.72 bits per heavy atom. The average molecular weight is 629 g/mol. The van der Waals surface area contributed by atoms with Gasteiger partial charge in [0, 0.05) is 6.92 Å². The normalized spacial score (nSPS) is 20.9. The summed E-state index contributed by atoms with van der Waals surface area (Å²) in [6.07, 6.45) is -4.89. The summed E-state index contributed by atoms with van der Waals surface area (Å²) < 4.78 is 42.4. The number of carbonyl (C=O) groups excluding carboxylic acids is 2. The molecule has 9 nitrogen and oxygen atoms in total. The molecule has 9 heteroatoms. The molecule has 0 spiro atoms. The molecular weight excluding hydrogens is 590 g/mol. The van der Waals surface area contributed by atoms with Gasteiger partial charge in [0.25, 0.3) is 0 Å². The van der Waals surface area contributed by atoms with E-state index in [0.717, 1.165) is 16.7 Å². The van der Waals surface area contributed by atoms with E-state index in [9.17, 15) is 9.59 Å². The third-order valence-electron chi connectivity index (χ3n) is 7.41. The highest BCUT2D eigenvalue weighted by Gasteiger charge is 2.51. The molecule has 0 bridgehead atoms. The number of hydrogen-bond acceptors (Lipinski definition) is 9. The summed E-state index contributed by atoms with van der Waals surface area (Å²) in [5, 5.41) is 0. The Morgan fingerprint density at radius 2 is 1.20 bits per heavy atom. The zero-order valence-electron chi connectivity index (χ0n) is 25.9. The van der Waals surface area contributed by atoms with Gasteiger partial charge in [0.1, 0.15) is 18.0 Å². The molecule has 4 aromatic carbocycles. The van der Waals surface area contributed by atoms with Crippen molar-refractivity contribution in [2.45, 2.75) is 57.5 Å². The van der Waals surface area contributed by atoms with E-state index < -0.39 is 42.6 Å². The molecule has 0 unspecified atom stereocenters. The van der Waals surface area contributed by atoms with E-state index in [1.807, 2.05) is 91.0 Å². The zero-order chi connectivity index (χ0) is 32.1. The van der Waals surface area contributed by atoms with E-state index in [-0.39, 0.29) is 19.8 Å². The molecule has 1 fully saturated rings. The van der Waals surface area contributed by atoms with Crippen molar-refractivity contribution in [1.82, 2.24) is 0 Å². The maximum Gasteiger partial charge on any atom is 0.338 e. The summed E-state index contributed by atoms with van der Waals surface area (Å²) in [5.74, 6) is -0.546. The van der Waals surface area contributed by atoms with Crippen molar-refractivity contribution in [3.05, 3.63) is 138 Å². The van der Waals surface area contributed by atoms with E-state index >= 15 is 0 Å². The maximum absolute atomic E-state index is 13.6. The van der Waals surface area contributed by atoms with Crippen molar-refractivity contribution < 1.29 is 42.7 Å². The molecule has 1 aliphatic heterocycles. The van der Waals surface area contributed by atoms with Gasteiger partial charge in [-0.05, 0) is 41.0 Å². The molecule has 4 aromatic rings. The minimum atomic E-state index is -1.16. The van der Waals surface area contributed by atoms with E-state index in [1.54, 1.807) is 31.4 Å². The van der Waals surface area contributed by atoms with Crippen LogP contribution >= 0.6 is 0 Å². The van der Waals surface area contributed by atoms with Crippen LogP contribution in [0.2, 0.25) is 0 Å². The minimum absolute atomic E-state index is 0.0177. The fourth-order valence-corrected chi connectivity index (χ4v) is 5.10. The molecule has 0 amide bonds. The summed E-state index contributed by atoms with van der Waals surface area (Å²) >= 11 is 0. The van der Waals surface area contributed by atoms with Gasteiger partial charge in [-0.15, -0.1) is 0 Å². The number of methoxy groups -OCH3 is 1. The summed E-state index contributed by atoms with van der Waals surface area (Å²) in [7, 11) is 1.55. The lowest BCUT2D eigenvalue weighted by molar-refractivity contribution is -0.312. The van der Waals surface area contributed by atoms with Crippen molar-refractivity contribution >= 4 is 11.9 Å². The van der Waals surface area contributed by atoms with Crippen LogP contribution < -0.4 is 4.74 Å². The van der Waals surface area contributed by atoms with Gasteiger partial charge in [0.05, 0.1) is 39.1 Å². The maximum atomic E-state index is 13.6. The predicted octanol–water partition coefficient (Wildman–Crippen LogP) is 5.90. The van der Waals surface area contributed by atoms with Crippen molar-refractivity contribution in [2.75, 3.05) is 13.7 Å². The molecule has 0 saturated carbocycles.